The average molecular weight is 333 g/mol. The zero-order valence-electron chi connectivity index (χ0n) is 14.1. The van der Waals surface area contributed by atoms with Crippen LogP contribution >= 0.6 is 0 Å². The summed E-state index contributed by atoms with van der Waals surface area (Å²) in [6.45, 7) is 6.05. The molecule has 2 rings (SSSR count). The highest BCUT2D eigenvalue weighted by Gasteiger charge is 2.30. The molecule has 1 aromatic heterocycles. The Kier molecular flexibility index (Phi) is 6.05. The Morgan fingerprint density at radius 2 is 2.04 bits per heavy atom. The van der Waals surface area contributed by atoms with Crippen LogP contribution in [-0.2, 0) is 9.53 Å². The number of carbonyl (C=O) groups excluding carboxylic acids is 1. The molecule has 0 aliphatic heterocycles. The minimum Gasteiger partial charge on any atom is -0.380 e. The molecule has 2 unspecified atom stereocenters. The van der Waals surface area contributed by atoms with Gasteiger partial charge in [0.25, 0.3) is 5.89 Å². The molecule has 24 heavy (non-hydrogen) atoms. The molecule has 0 saturated carbocycles. The fraction of sp³-hybridized carbons (Fsp3) is 0.471. The van der Waals surface area contributed by atoms with Crippen molar-refractivity contribution in [1.29, 1.82) is 0 Å². The van der Waals surface area contributed by atoms with E-state index in [0.717, 1.165) is 5.56 Å². The summed E-state index contributed by atoms with van der Waals surface area (Å²) in [5, 5.41) is 17.0. The van der Waals surface area contributed by atoms with Gasteiger partial charge in [0, 0.05) is 12.1 Å². The smallest absolute Gasteiger partial charge is 0.258 e. The summed E-state index contributed by atoms with van der Waals surface area (Å²) in [5.74, 6) is 0.499. The number of aliphatic hydroxyl groups is 1. The summed E-state index contributed by atoms with van der Waals surface area (Å²) in [6, 6.07) is 9.36. The summed E-state index contributed by atoms with van der Waals surface area (Å²) < 4.78 is 11.1. The van der Waals surface area contributed by atoms with Crippen LogP contribution in [0.4, 0.5) is 0 Å². The van der Waals surface area contributed by atoms with Gasteiger partial charge in [-0.25, -0.2) is 0 Å². The van der Waals surface area contributed by atoms with Crippen LogP contribution in [0.5, 0.6) is 0 Å². The van der Waals surface area contributed by atoms with Crippen LogP contribution in [0.25, 0.3) is 11.4 Å². The van der Waals surface area contributed by atoms with E-state index in [0.29, 0.717) is 25.2 Å². The maximum atomic E-state index is 10.6. The highest BCUT2D eigenvalue weighted by Crippen LogP contribution is 2.26. The number of aliphatic hydroxyl groups excluding tert-OH is 1. The molecule has 0 saturated heterocycles. The summed E-state index contributed by atoms with van der Waals surface area (Å²) >= 11 is 0. The van der Waals surface area contributed by atoms with Crippen molar-refractivity contribution in [3.63, 3.8) is 0 Å². The lowest BCUT2D eigenvalue weighted by molar-refractivity contribution is -0.122. The molecule has 2 atom stereocenters. The van der Waals surface area contributed by atoms with E-state index in [1.54, 1.807) is 0 Å². The number of hydrogen-bond donors (Lipinski definition) is 2. The van der Waals surface area contributed by atoms with Gasteiger partial charge < -0.3 is 19.7 Å². The molecule has 1 heterocycles. The second-order valence-electron chi connectivity index (χ2n) is 6.40. The van der Waals surface area contributed by atoms with Crippen molar-refractivity contribution < 1.29 is 19.2 Å². The molecule has 0 spiro atoms. The van der Waals surface area contributed by atoms with Gasteiger partial charge in [-0.05, 0) is 27.2 Å². The largest absolute Gasteiger partial charge is 0.380 e. The molecule has 1 aromatic carbocycles. The van der Waals surface area contributed by atoms with Crippen molar-refractivity contribution in [3.05, 3.63) is 36.2 Å². The molecule has 0 aliphatic rings. The molecule has 0 fully saturated rings. The second kappa shape index (κ2) is 8.03. The predicted octanol–water partition coefficient (Wildman–Crippen LogP) is 2.09. The Balaban J connectivity index is 2.14. The van der Waals surface area contributed by atoms with Crippen molar-refractivity contribution in [3.8, 4) is 11.4 Å². The van der Waals surface area contributed by atoms with Crippen LogP contribution in [0, 0.1) is 0 Å². The number of nitrogens with one attached hydrogen (secondary N) is 1. The second-order valence-corrected chi connectivity index (χ2v) is 6.40. The van der Waals surface area contributed by atoms with Gasteiger partial charge in [-0.15, -0.1) is 0 Å². The van der Waals surface area contributed by atoms with E-state index in [1.807, 2.05) is 51.1 Å². The Labute approximate surface area is 141 Å². The molecule has 7 heteroatoms. The number of ether oxygens (including phenoxy) is 1. The molecule has 1 amide bonds. The normalized spacial score (nSPS) is 14.2. The maximum absolute atomic E-state index is 10.6. The number of carbonyl (C=O) groups is 1. The van der Waals surface area contributed by atoms with E-state index in [-0.39, 0.29) is 5.89 Å². The molecule has 130 valence electrons. The number of benzene rings is 1. The number of hydrogen-bond acceptors (Lipinski definition) is 6. The third-order valence-electron chi connectivity index (χ3n) is 3.24. The molecule has 2 N–H and O–H groups in total. The molecule has 7 nitrogen and oxygen atoms in total. The standard InChI is InChI=1S/C17H23N3O4/c1-17(2,3)23-13(9-10-18-11-21)14(22)16-19-15(20-24-16)12-7-5-4-6-8-12/h4-8,11,13-14,22H,9-10H2,1-3H3,(H,18,21). The monoisotopic (exact) mass is 333 g/mol. The van der Waals surface area contributed by atoms with Gasteiger partial charge in [-0.1, -0.05) is 35.5 Å². The number of rotatable bonds is 8. The quantitative estimate of drug-likeness (QED) is 0.567. The third-order valence-corrected chi connectivity index (χ3v) is 3.24. The van der Waals surface area contributed by atoms with Gasteiger partial charge in [0.1, 0.15) is 0 Å². The van der Waals surface area contributed by atoms with E-state index in [1.165, 1.54) is 0 Å². The fourth-order valence-corrected chi connectivity index (χ4v) is 2.24. The number of amides is 1. The first-order valence-electron chi connectivity index (χ1n) is 7.82. The molecule has 0 bridgehead atoms. The van der Waals surface area contributed by atoms with Gasteiger partial charge in [0.2, 0.25) is 12.2 Å². The Morgan fingerprint density at radius 3 is 2.67 bits per heavy atom. The van der Waals surface area contributed by atoms with Crippen LogP contribution in [0.1, 0.15) is 39.2 Å². The van der Waals surface area contributed by atoms with Crippen molar-refractivity contribution in [2.75, 3.05) is 6.54 Å². The topological polar surface area (TPSA) is 97.5 Å². The molecule has 0 radical (unpaired) electrons. The van der Waals surface area contributed by atoms with E-state index < -0.39 is 17.8 Å². The zero-order chi connectivity index (χ0) is 17.6. The van der Waals surface area contributed by atoms with Crippen LogP contribution < -0.4 is 5.32 Å². The van der Waals surface area contributed by atoms with E-state index in [2.05, 4.69) is 15.5 Å². The minimum absolute atomic E-state index is 0.0919. The molecular formula is C17H23N3O4. The minimum atomic E-state index is -1.08. The van der Waals surface area contributed by atoms with Crippen LogP contribution in [0.15, 0.2) is 34.9 Å². The average Bonchev–Trinajstić information content (AvgIpc) is 3.03. The summed E-state index contributed by atoms with van der Waals surface area (Å²) in [6.07, 6.45) is -0.634. The van der Waals surface area contributed by atoms with Crippen LogP contribution in [0.2, 0.25) is 0 Å². The molecule has 2 aromatic rings. The number of nitrogens with zero attached hydrogens (tertiary/aromatic N) is 2. The summed E-state index contributed by atoms with van der Waals surface area (Å²) in [5.41, 5.74) is 0.338. The molecule has 0 aliphatic carbocycles. The Morgan fingerprint density at radius 1 is 1.33 bits per heavy atom. The van der Waals surface area contributed by atoms with Crippen molar-refractivity contribution >= 4 is 6.41 Å². The van der Waals surface area contributed by atoms with Gasteiger partial charge in [-0.3, -0.25) is 4.79 Å². The van der Waals surface area contributed by atoms with Gasteiger partial charge in [0.05, 0.1) is 11.7 Å². The van der Waals surface area contributed by atoms with Crippen molar-refractivity contribution in [2.24, 2.45) is 0 Å². The summed E-state index contributed by atoms with van der Waals surface area (Å²) in [7, 11) is 0. The SMILES string of the molecule is CC(C)(C)OC(CCNC=O)C(O)c1nc(-c2ccccc2)no1. The summed E-state index contributed by atoms with van der Waals surface area (Å²) in [4.78, 5) is 14.7. The first-order valence-corrected chi connectivity index (χ1v) is 7.82. The van der Waals surface area contributed by atoms with E-state index in [9.17, 15) is 9.90 Å². The predicted molar refractivity (Wildman–Crippen MR) is 88.0 cm³/mol. The van der Waals surface area contributed by atoms with Gasteiger partial charge in [-0.2, -0.15) is 4.98 Å². The van der Waals surface area contributed by atoms with E-state index >= 15 is 0 Å². The van der Waals surface area contributed by atoms with Gasteiger partial charge in [0.15, 0.2) is 6.10 Å². The van der Waals surface area contributed by atoms with Crippen molar-refractivity contribution in [1.82, 2.24) is 15.5 Å². The first kappa shape index (κ1) is 18.1. The Hall–Kier alpha value is -2.25. The lowest BCUT2D eigenvalue weighted by Gasteiger charge is -2.29. The highest BCUT2D eigenvalue weighted by atomic mass is 16.5. The van der Waals surface area contributed by atoms with E-state index in [4.69, 9.17) is 9.26 Å². The van der Waals surface area contributed by atoms with Crippen LogP contribution in [0.3, 0.4) is 0 Å². The highest BCUT2D eigenvalue weighted by molar-refractivity contribution is 5.53. The zero-order valence-corrected chi connectivity index (χ0v) is 14.1. The fourth-order valence-electron chi connectivity index (χ4n) is 2.24. The van der Waals surface area contributed by atoms with Gasteiger partial charge >= 0.3 is 0 Å². The lowest BCUT2D eigenvalue weighted by Crippen LogP contribution is -2.34. The molecular weight excluding hydrogens is 310 g/mol. The van der Waals surface area contributed by atoms with Crippen molar-refractivity contribution in [2.45, 2.75) is 45.0 Å². The third kappa shape index (κ3) is 5.14. The lowest BCUT2D eigenvalue weighted by atomic mass is 10.1. The Bertz CT molecular complexity index is 637. The van der Waals surface area contributed by atoms with Crippen LogP contribution in [-0.4, -0.2) is 39.9 Å². The maximum Gasteiger partial charge on any atom is 0.258 e. The number of aromatic nitrogens is 2. The first-order chi connectivity index (χ1) is 11.4.